The molecule has 1 saturated heterocycles. The highest BCUT2D eigenvalue weighted by molar-refractivity contribution is 6.46. The van der Waals surface area contributed by atoms with Crippen LogP contribution in [-0.2, 0) is 14.3 Å². The number of rotatable bonds is 9. The standard InChI is InChI=1S/C25H29NO7/c1-15-13-16(7-10-19(15)32-4)23(27)21-22(18-9-8-17(31-3)14-20(18)33-5)26(11-6-12-30-2)25(29)24(21)28/h7-10,13-14,22,27H,6,11-12H2,1-5H3/b23-21+/t22-/m1/s1. The van der Waals surface area contributed by atoms with Gasteiger partial charge in [0.05, 0.1) is 32.9 Å². The maximum Gasteiger partial charge on any atom is 0.295 e. The molecule has 0 unspecified atom stereocenters. The number of methoxy groups -OCH3 is 4. The maximum atomic E-state index is 13.1. The summed E-state index contributed by atoms with van der Waals surface area (Å²) in [5.41, 5.74) is 1.78. The number of aliphatic hydroxyl groups excluding tert-OH is 1. The summed E-state index contributed by atoms with van der Waals surface area (Å²) < 4.78 is 21.2. The van der Waals surface area contributed by atoms with Crippen molar-refractivity contribution in [3.63, 3.8) is 0 Å². The molecule has 1 amide bonds. The molecule has 0 aliphatic carbocycles. The monoisotopic (exact) mass is 455 g/mol. The summed E-state index contributed by atoms with van der Waals surface area (Å²) in [5.74, 6) is -0.0225. The van der Waals surface area contributed by atoms with E-state index in [0.29, 0.717) is 41.4 Å². The van der Waals surface area contributed by atoms with E-state index in [9.17, 15) is 14.7 Å². The van der Waals surface area contributed by atoms with Crippen LogP contribution in [0.15, 0.2) is 42.0 Å². The van der Waals surface area contributed by atoms with Gasteiger partial charge in [-0.05, 0) is 49.2 Å². The Morgan fingerprint density at radius 1 is 0.970 bits per heavy atom. The fourth-order valence-corrected chi connectivity index (χ4v) is 4.04. The van der Waals surface area contributed by atoms with Crippen molar-refractivity contribution in [2.45, 2.75) is 19.4 Å². The molecule has 0 bridgehead atoms. The summed E-state index contributed by atoms with van der Waals surface area (Å²) >= 11 is 0. The topological polar surface area (TPSA) is 94.5 Å². The van der Waals surface area contributed by atoms with Gasteiger partial charge in [-0.15, -0.1) is 0 Å². The van der Waals surface area contributed by atoms with Gasteiger partial charge in [0.15, 0.2) is 0 Å². The molecule has 33 heavy (non-hydrogen) atoms. The first-order chi connectivity index (χ1) is 15.9. The molecule has 1 heterocycles. The average Bonchev–Trinajstić information content (AvgIpc) is 3.08. The van der Waals surface area contributed by atoms with Gasteiger partial charge in [0.2, 0.25) is 0 Å². The number of nitrogens with zero attached hydrogens (tertiary/aromatic N) is 1. The van der Waals surface area contributed by atoms with Crippen molar-refractivity contribution >= 4 is 17.4 Å². The summed E-state index contributed by atoms with van der Waals surface area (Å²) in [7, 11) is 6.17. The van der Waals surface area contributed by atoms with Gasteiger partial charge in [0.25, 0.3) is 11.7 Å². The van der Waals surface area contributed by atoms with E-state index in [1.165, 1.54) is 19.1 Å². The minimum absolute atomic E-state index is 0.00505. The molecule has 1 fully saturated rings. The molecule has 1 N–H and O–H groups in total. The zero-order valence-electron chi connectivity index (χ0n) is 19.5. The number of hydrogen-bond acceptors (Lipinski definition) is 7. The summed E-state index contributed by atoms with van der Waals surface area (Å²) in [6, 6.07) is 9.40. The number of Topliss-reactive ketones (excluding diaryl/α,β-unsaturated/α-hetero) is 1. The molecular formula is C25H29NO7. The highest BCUT2D eigenvalue weighted by Gasteiger charge is 2.46. The summed E-state index contributed by atoms with van der Waals surface area (Å²) in [5, 5.41) is 11.2. The Morgan fingerprint density at radius 2 is 1.70 bits per heavy atom. The van der Waals surface area contributed by atoms with E-state index in [1.807, 2.05) is 6.92 Å². The third kappa shape index (κ3) is 4.66. The summed E-state index contributed by atoms with van der Waals surface area (Å²) in [6.07, 6.45) is 0.528. The van der Waals surface area contributed by atoms with Crippen molar-refractivity contribution in [2.24, 2.45) is 0 Å². The van der Waals surface area contributed by atoms with Gasteiger partial charge in [0, 0.05) is 37.5 Å². The molecule has 1 atom stereocenters. The molecule has 1 aliphatic heterocycles. The maximum absolute atomic E-state index is 13.1. The van der Waals surface area contributed by atoms with Crippen LogP contribution < -0.4 is 14.2 Å². The zero-order valence-corrected chi connectivity index (χ0v) is 19.5. The van der Waals surface area contributed by atoms with E-state index >= 15 is 0 Å². The van der Waals surface area contributed by atoms with Crippen LogP contribution in [-0.4, -0.2) is 63.3 Å². The number of carbonyl (C=O) groups is 2. The Kier molecular flexibility index (Phi) is 7.60. The molecule has 0 aromatic heterocycles. The molecular weight excluding hydrogens is 426 g/mol. The largest absolute Gasteiger partial charge is 0.507 e. The first kappa shape index (κ1) is 24.1. The lowest BCUT2D eigenvalue weighted by Crippen LogP contribution is -2.31. The van der Waals surface area contributed by atoms with E-state index < -0.39 is 17.7 Å². The Hall–Kier alpha value is -3.52. The number of hydrogen-bond donors (Lipinski definition) is 1. The summed E-state index contributed by atoms with van der Waals surface area (Å²) in [4.78, 5) is 27.6. The molecule has 8 heteroatoms. The van der Waals surface area contributed by atoms with Crippen LogP contribution in [0.4, 0.5) is 0 Å². The lowest BCUT2D eigenvalue weighted by atomic mass is 9.94. The van der Waals surface area contributed by atoms with Crippen molar-refractivity contribution in [1.82, 2.24) is 4.90 Å². The van der Waals surface area contributed by atoms with Crippen LogP contribution in [0.2, 0.25) is 0 Å². The molecule has 0 spiro atoms. The van der Waals surface area contributed by atoms with Gasteiger partial charge in [0.1, 0.15) is 23.0 Å². The van der Waals surface area contributed by atoms with E-state index in [1.54, 1.807) is 50.6 Å². The van der Waals surface area contributed by atoms with Gasteiger partial charge < -0.3 is 29.0 Å². The van der Waals surface area contributed by atoms with Crippen molar-refractivity contribution in [3.8, 4) is 17.2 Å². The number of carbonyl (C=O) groups excluding carboxylic acids is 2. The Bertz CT molecular complexity index is 1080. The number of aliphatic hydroxyl groups is 1. The second kappa shape index (κ2) is 10.4. The lowest BCUT2D eigenvalue weighted by molar-refractivity contribution is -0.140. The Labute approximate surface area is 193 Å². The molecule has 176 valence electrons. The smallest absolute Gasteiger partial charge is 0.295 e. The molecule has 2 aromatic rings. The normalized spacial score (nSPS) is 17.4. The van der Waals surface area contributed by atoms with Gasteiger partial charge in [-0.3, -0.25) is 9.59 Å². The SMILES string of the molecule is COCCCN1C(=O)C(=O)/C(=C(/O)c2ccc(OC)c(C)c2)[C@H]1c1ccc(OC)cc1OC. The van der Waals surface area contributed by atoms with E-state index in [4.69, 9.17) is 18.9 Å². The van der Waals surface area contributed by atoms with Gasteiger partial charge in [-0.1, -0.05) is 0 Å². The van der Waals surface area contributed by atoms with Crippen molar-refractivity contribution < 1.29 is 33.6 Å². The lowest BCUT2D eigenvalue weighted by Gasteiger charge is -2.26. The molecule has 2 aromatic carbocycles. The average molecular weight is 456 g/mol. The van der Waals surface area contributed by atoms with Crippen LogP contribution >= 0.6 is 0 Å². The molecule has 8 nitrogen and oxygen atoms in total. The molecule has 3 rings (SSSR count). The quantitative estimate of drug-likeness (QED) is 0.268. The van der Waals surface area contributed by atoms with Crippen LogP contribution in [0.5, 0.6) is 17.2 Å². The van der Waals surface area contributed by atoms with Crippen LogP contribution in [0.3, 0.4) is 0 Å². The van der Waals surface area contributed by atoms with E-state index in [-0.39, 0.29) is 17.9 Å². The second-order valence-corrected chi connectivity index (χ2v) is 7.63. The number of benzene rings is 2. The minimum atomic E-state index is -0.829. The van der Waals surface area contributed by atoms with E-state index in [2.05, 4.69) is 0 Å². The third-order valence-electron chi connectivity index (χ3n) is 5.69. The minimum Gasteiger partial charge on any atom is -0.507 e. The van der Waals surface area contributed by atoms with Crippen molar-refractivity contribution in [2.75, 3.05) is 41.6 Å². The number of aryl methyl sites for hydroxylation is 1. The Morgan fingerprint density at radius 3 is 2.30 bits per heavy atom. The molecule has 0 saturated carbocycles. The van der Waals surface area contributed by atoms with Crippen LogP contribution in [0.1, 0.15) is 29.2 Å². The predicted molar refractivity (Wildman–Crippen MR) is 123 cm³/mol. The van der Waals surface area contributed by atoms with Gasteiger partial charge >= 0.3 is 0 Å². The first-order valence-electron chi connectivity index (χ1n) is 10.5. The highest BCUT2D eigenvalue weighted by atomic mass is 16.5. The second-order valence-electron chi connectivity index (χ2n) is 7.63. The zero-order chi connectivity index (χ0) is 24.1. The Balaban J connectivity index is 2.20. The molecule has 1 aliphatic rings. The number of ether oxygens (including phenoxy) is 4. The van der Waals surface area contributed by atoms with Crippen LogP contribution in [0.25, 0.3) is 5.76 Å². The fourth-order valence-electron chi connectivity index (χ4n) is 4.04. The predicted octanol–water partition coefficient (Wildman–Crippen LogP) is 3.48. The van der Waals surface area contributed by atoms with Crippen molar-refractivity contribution in [1.29, 1.82) is 0 Å². The number of likely N-dealkylation sites (tertiary alicyclic amines) is 1. The van der Waals surface area contributed by atoms with Gasteiger partial charge in [-0.2, -0.15) is 0 Å². The van der Waals surface area contributed by atoms with Crippen molar-refractivity contribution in [3.05, 3.63) is 58.7 Å². The fraction of sp³-hybridized carbons (Fsp3) is 0.360. The number of amides is 1. The molecule has 0 radical (unpaired) electrons. The van der Waals surface area contributed by atoms with Crippen LogP contribution in [0, 0.1) is 6.92 Å². The first-order valence-corrected chi connectivity index (χ1v) is 10.5. The third-order valence-corrected chi connectivity index (χ3v) is 5.69. The summed E-state index contributed by atoms with van der Waals surface area (Å²) in [6.45, 7) is 2.53. The van der Waals surface area contributed by atoms with Gasteiger partial charge in [-0.25, -0.2) is 0 Å². The highest BCUT2D eigenvalue weighted by Crippen LogP contribution is 2.44. The number of ketones is 1. The van der Waals surface area contributed by atoms with E-state index in [0.717, 1.165) is 5.56 Å².